The zero-order chi connectivity index (χ0) is 18.8. The molecule has 6 nitrogen and oxygen atoms in total. The van der Waals surface area contributed by atoms with Crippen molar-refractivity contribution in [3.8, 4) is 0 Å². The van der Waals surface area contributed by atoms with Crippen molar-refractivity contribution in [2.75, 3.05) is 0 Å². The summed E-state index contributed by atoms with van der Waals surface area (Å²) in [6.45, 7) is 5.06. The first-order valence-electron chi connectivity index (χ1n) is 7.99. The summed E-state index contributed by atoms with van der Waals surface area (Å²) in [6.07, 6.45) is 1.42. The lowest BCUT2D eigenvalue weighted by Crippen LogP contribution is -2.45. The number of aromatic amines is 1. The summed E-state index contributed by atoms with van der Waals surface area (Å²) < 4.78 is 26.8. The Morgan fingerprint density at radius 3 is 2.88 bits per heavy atom. The average Bonchev–Trinajstić information content (AvgIpc) is 2.56. The van der Waals surface area contributed by atoms with Crippen LogP contribution in [-0.4, -0.2) is 15.9 Å². The molecule has 26 heavy (non-hydrogen) atoms. The van der Waals surface area contributed by atoms with Gasteiger partial charge in [0.1, 0.15) is 22.7 Å². The molecule has 1 aromatic carbocycles. The highest BCUT2D eigenvalue weighted by atomic mass is 19.1. The van der Waals surface area contributed by atoms with Gasteiger partial charge in [-0.05, 0) is 26.0 Å². The normalized spacial score (nSPS) is 14.1. The number of hydrogen-bond donors (Lipinski definition) is 3. The van der Waals surface area contributed by atoms with Crippen LogP contribution >= 0.6 is 0 Å². The highest BCUT2D eigenvalue weighted by molar-refractivity contribution is 5.78. The molecule has 0 fully saturated rings. The Bertz CT molecular complexity index is 1060. The minimum atomic E-state index is -0.745. The zero-order valence-electron chi connectivity index (χ0n) is 14.2. The fourth-order valence-corrected chi connectivity index (χ4v) is 2.72. The van der Waals surface area contributed by atoms with Crippen molar-refractivity contribution in [1.82, 2.24) is 20.6 Å². The molecular weight excluding hydrogens is 342 g/mol. The lowest BCUT2D eigenvalue weighted by Gasteiger charge is -2.15. The molecular formula is C18H21F2N4O2. The molecule has 1 aromatic heterocycles. The van der Waals surface area contributed by atoms with Crippen molar-refractivity contribution >= 4 is 17.7 Å². The molecule has 1 aliphatic heterocycles. The van der Waals surface area contributed by atoms with Crippen LogP contribution in [0, 0.1) is 18.2 Å². The van der Waals surface area contributed by atoms with E-state index in [0.29, 0.717) is 10.7 Å². The van der Waals surface area contributed by atoms with Gasteiger partial charge in [0.05, 0.1) is 24.4 Å². The van der Waals surface area contributed by atoms with Gasteiger partial charge in [-0.15, -0.1) is 0 Å². The zero-order valence-corrected chi connectivity index (χ0v) is 14.2. The number of aromatic nitrogens is 2. The Morgan fingerprint density at radius 2 is 2.15 bits per heavy atom. The van der Waals surface area contributed by atoms with Crippen LogP contribution in [0.15, 0.2) is 23.0 Å². The van der Waals surface area contributed by atoms with Crippen molar-refractivity contribution in [1.29, 1.82) is 0 Å². The summed E-state index contributed by atoms with van der Waals surface area (Å²) in [6, 6.07) is 2.47. The van der Waals surface area contributed by atoms with Crippen LogP contribution in [0.5, 0.6) is 0 Å². The standard InChI is InChI=1S/C18H17F2N4O2.2H2/c1-9(12-4-3-11(19)7-13(12)20)22-16(25)8-15-18(26)24-14-5-6-21-10(2)17(14)23-15;;/h3-7,9,21H,8H2,1-2H3,(H,22,25)(H,24,26);2*1H/t9-;;/m0../s1. The van der Waals surface area contributed by atoms with E-state index in [4.69, 9.17) is 0 Å². The predicted molar refractivity (Wildman–Crippen MR) is 95.9 cm³/mol. The van der Waals surface area contributed by atoms with Crippen molar-refractivity contribution in [2.24, 2.45) is 0 Å². The molecule has 0 aliphatic carbocycles. The number of H-pyrrole nitrogens is 1. The maximum absolute atomic E-state index is 13.8. The van der Waals surface area contributed by atoms with E-state index in [2.05, 4.69) is 20.6 Å². The number of carbonyl (C=O) groups is 1. The largest absolute Gasteiger partial charge is 0.378 e. The molecule has 139 valence electrons. The summed E-state index contributed by atoms with van der Waals surface area (Å²) in [5.41, 5.74) is 0.510. The summed E-state index contributed by atoms with van der Waals surface area (Å²) >= 11 is 0. The smallest absolute Gasteiger partial charge is 0.270 e. The number of fused-ring (bicyclic) bond motifs is 1. The number of nitrogens with zero attached hydrogens (tertiary/aromatic N) is 1. The molecule has 1 aliphatic rings. The van der Waals surface area contributed by atoms with Crippen LogP contribution in [0.2, 0.25) is 0 Å². The van der Waals surface area contributed by atoms with Gasteiger partial charge in [-0.3, -0.25) is 9.59 Å². The number of benzene rings is 1. The van der Waals surface area contributed by atoms with Crippen LogP contribution < -0.4 is 26.9 Å². The van der Waals surface area contributed by atoms with Crippen molar-refractivity contribution < 1.29 is 16.4 Å². The van der Waals surface area contributed by atoms with E-state index in [-0.39, 0.29) is 20.5 Å². The Balaban J connectivity index is 0.00000196. The van der Waals surface area contributed by atoms with Gasteiger partial charge in [0.15, 0.2) is 0 Å². The van der Waals surface area contributed by atoms with Gasteiger partial charge in [-0.2, -0.15) is 0 Å². The van der Waals surface area contributed by atoms with Crippen LogP contribution in [0.4, 0.5) is 8.78 Å². The van der Waals surface area contributed by atoms with E-state index in [1.54, 1.807) is 26.5 Å². The fraction of sp³-hybridized carbons (Fsp3) is 0.222. The van der Waals surface area contributed by atoms with Crippen LogP contribution in [0.25, 0.3) is 11.8 Å². The highest BCUT2D eigenvalue weighted by Gasteiger charge is 2.16. The highest BCUT2D eigenvalue weighted by Crippen LogP contribution is 2.17. The Kier molecular flexibility index (Phi) is 4.83. The number of carbonyl (C=O) groups excluding carboxylic acids is 1. The number of hydrogen-bond acceptors (Lipinski definition) is 4. The topological polar surface area (TPSA) is 86.9 Å². The molecule has 1 atom stereocenters. The molecule has 0 bridgehead atoms. The number of amides is 1. The molecule has 8 heteroatoms. The summed E-state index contributed by atoms with van der Waals surface area (Å²) in [5.74, 6) is -1.93. The molecule has 0 saturated heterocycles. The van der Waals surface area contributed by atoms with E-state index in [0.717, 1.165) is 17.8 Å². The van der Waals surface area contributed by atoms with Gasteiger partial charge in [0.2, 0.25) is 5.91 Å². The summed E-state index contributed by atoms with van der Waals surface area (Å²) in [7, 11) is 0. The minimum absolute atomic E-state index is 0. The second kappa shape index (κ2) is 7.07. The van der Waals surface area contributed by atoms with E-state index in [9.17, 15) is 18.4 Å². The van der Waals surface area contributed by atoms with Gasteiger partial charge >= 0.3 is 0 Å². The monoisotopic (exact) mass is 363 g/mol. The average molecular weight is 363 g/mol. The van der Waals surface area contributed by atoms with Gasteiger partial charge in [0, 0.05) is 20.2 Å². The van der Waals surface area contributed by atoms with Crippen molar-refractivity contribution in [2.45, 2.75) is 26.3 Å². The van der Waals surface area contributed by atoms with Crippen molar-refractivity contribution in [3.63, 3.8) is 0 Å². The quantitative estimate of drug-likeness (QED) is 0.744. The summed E-state index contributed by atoms with van der Waals surface area (Å²) in [4.78, 5) is 31.3. The van der Waals surface area contributed by atoms with E-state index in [1.165, 1.54) is 6.07 Å². The first-order valence-corrected chi connectivity index (χ1v) is 7.99. The Morgan fingerprint density at radius 1 is 1.38 bits per heavy atom. The first kappa shape index (κ1) is 17.8. The Labute approximate surface area is 150 Å². The molecule has 3 rings (SSSR count). The van der Waals surface area contributed by atoms with Crippen LogP contribution in [0.1, 0.15) is 34.0 Å². The van der Waals surface area contributed by atoms with Gasteiger partial charge < -0.3 is 15.6 Å². The predicted octanol–water partition coefficient (Wildman–Crippen LogP) is 0.634. The van der Waals surface area contributed by atoms with E-state index < -0.39 is 29.1 Å². The van der Waals surface area contributed by atoms with Crippen LogP contribution in [0.3, 0.4) is 0 Å². The second-order valence-electron chi connectivity index (χ2n) is 6.01. The fourth-order valence-electron chi connectivity index (χ4n) is 2.72. The third-order valence-electron chi connectivity index (χ3n) is 4.05. The molecule has 3 N–H and O–H groups in total. The first-order chi connectivity index (χ1) is 12.3. The van der Waals surface area contributed by atoms with E-state index >= 15 is 0 Å². The molecule has 0 saturated carbocycles. The Hall–Kier alpha value is -3.03. The van der Waals surface area contributed by atoms with Crippen LogP contribution in [-0.2, 0) is 11.2 Å². The van der Waals surface area contributed by atoms with Gasteiger partial charge in [-0.25, -0.2) is 13.8 Å². The number of halogens is 2. The van der Waals surface area contributed by atoms with E-state index in [1.807, 2.05) is 0 Å². The lowest BCUT2D eigenvalue weighted by atomic mass is 10.1. The third-order valence-corrected chi connectivity index (χ3v) is 4.05. The van der Waals surface area contributed by atoms with Gasteiger partial charge in [0.25, 0.3) is 5.56 Å². The molecule has 1 amide bonds. The molecule has 2 aromatic rings. The minimum Gasteiger partial charge on any atom is -0.378 e. The van der Waals surface area contributed by atoms with Gasteiger partial charge in [-0.1, -0.05) is 6.07 Å². The number of rotatable bonds is 4. The molecule has 1 radical (unpaired) electrons. The summed E-state index contributed by atoms with van der Waals surface area (Å²) in [5, 5.41) is 6.70. The number of nitrogens with one attached hydrogen (secondary N) is 3. The third kappa shape index (κ3) is 3.63. The second-order valence-corrected chi connectivity index (χ2v) is 6.01. The maximum Gasteiger partial charge on any atom is 0.270 e. The maximum atomic E-state index is 13.8. The molecule has 0 spiro atoms. The van der Waals surface area contributed by atoms with Crippen molar-refractivity contribution in [3.05, 3.63) is 68.7 Å². The molecule has 2 heterocycles. The SMILES string of the molecule is CC1=c2nc(CC(=O)N[C@@H](C)c3ccc(F)cc3F)c(=O)[nH]c2=C[CH]N1.[HH].[HH]. The molecule has 0 unspecified atom stereocenters. The lowest BCUT2D eigenvalue weighted by molar-refractivity contribution is -0.121.